The summed E-state index contributed by atoms with van der Waals surface area (Å²) in [6, 6.07) is 16.0. The Morgan fingerprint density at radius 2 is 1.85 bits per heavy atom. The fourth-order valence-electron chi connectivity index (χ4n) is 3.71. The molecular weight excluding hydrogens is 421 g/mol. The second-order valence-electron chi connectivity index (χ2n) is 8.17. The molecule has 1 N–H and O–H groups in total. The van der Waals surface area contributed by atoms with Gasteiger partial charge in [-0.2, -0.15) is 5.10 Å². The lowest BCUT2D eigenvalue weighted by atomic mass is 10.1. The van der Waals surface area contributed by atoms with Crippen molar-refractivity contribution < 1.29 is 19.0 Å². The molecule has 0 amide bonds. The van der Waals surface area contributed by atoms with Gasteiger partial charge in [-0.25, -0.2) is 9.07 Å². The van der Waals surface area contributed by atoms with E-state index in [1.54, 1.807) is 30.0 Å². The number of rotatable bonds is 13. The lowest BCUT2D eigenvalue weighted by molar-refractivity contribution is 0.0786. The van der Waals surface area contributed by atoms with Crippen molar-refractivity contribution in [1.82, 2.24) is 14.7 Å². The summed E-state index contributed by atoms with van der Waals surface area (Å²) < 4.78 is 27.6. The number of ether oxygens (including phenoxy) is 2. The van der Waals surface area contributed by atoms with E-state index in [0.717, 1.165) is 36.2 Å². The van der Waals surface area contributed by atoms with Crippen molar-refractivity contribution in [3.05, 3.63) is 71.7 Å². The highest BCUT2D eigenvalue weighted by Crippen LogP contribution is 2.32. The SMILES string of the molecule is CCCCC(O)CN(CCOC)Cc1c(C)nn(-c2ccccc2)c1Oc1ccccc1F. The molecule has 0 spiro atoms. The van der Waals surface area contributed by atoms with E-state index >= 15 is 0 Å². The lowest BCUT2D eigenvalue weighted by Gasteiger charge is -2.25. The third-order valence-electron chi connectivity index (χ3n) is 5.53. The molecule has 0 aliphatic rings. The second-order valence-corrected chi connectivity index (χ2v) is 8.17. The summed E-state index contributed by atoms with van der Waals surface area (Å²) in [6.07, 6.45) is 2.34. The highest BCUT2D eigenvalue weighted by atomic mass is 19.1. The van der Waals surface area contributed by atoms with Gasteiger partial charge in [-0.15, -0.1) is 0 Å². The van der Waals surface area contributed by atoms with Crippen molar-refractivity contribution in [1.29, 1.82) is 0 Å². The average Bonchev–Trinajstić information content (AvgIpc) is 3.13. The Morgan fingerprint density at radius 1 is 1.12 bits per heavy atom. The van der Waals surface area contributed by atoms with Gasteiger partial charge in [-0.05, 0) is 37.6 Å². The standard InChI is InChI=1S/C26H34FN3O3/c1-4-5-13-22(31)18-29(16-17-32-3)19-23-20(2)28-30(21-11-7-6-8-12-21)26(23)33-25-15-10-9-14-24(25)27/h6-12,14-15,22,31H,4-5,13,16-19H2,1-3H3. The number of aliphatic hydroxyl groups is 1. The zero-order chi connectivity index (χ0) is 23.6. The van der Waals surface area contributed by atoms with Gasteiger partial charge in [0.1, 0.15) is 0 Å². The largest absolute Gasteiger partial charge is 0.435 e. The Bertz CT molecular complexity index is 994. The van der Waals surface area contributed by atoms with Crippen LogP contribution in [0.4, 0.5) is 4.39 Å². The normalized spacial score (nSPS) is 12.3. The highest BCUT2D eigenvalue weighted by Gasteiger charge is 2.23. The fraction of sp³-hybridized carbons (Fsp3) is 0.423. The summed E-state index contributed by atoms with van der Waals surface area (Å²) >= 11 is 0. The molecule has 0 radical (unpaired) electrons. The maximum atomic E-state index is 14.5. The number of aryl methyl sites for hydroxylation is 1. The average molecular weight is 456 g/mol. The van der Waals surface area contributed by atoms with Gasteiger partial charge < -0.3 is 14.6 Å². The van der Waals surface area contributed by atoms with Crippen LogP contribution in [0.1, 0.15) is 37.4 Å². The Balaban J connectivity index is 1.96. The summed E-state index contributed by atoms with van der Waals surface area (Å²) in [6.45, 7) is 6.23. The first kappa shape index (κ1) is 24.9. The highest BCUT2D eigenvalue weighted by molar-refractivity contribution is 5.43. The first-order chi connectivity index (χ1) is 16.0. The van der Waals surface area contributed by atoms with Crippen LogP contribution in [0, 0.1) is 12.7 Å². The van der Waals surface area contributed by atoms with E-state index in [2.05, 4.69) is 11.8 Å². The summed E-state index contributed by atoms with van der Waals surface area (Å²) in [7, 11) is 1.66. The minimum atomic E-state index is -0.437. The number of benzene rings is 2. The van der Waals surface area contributed by atoms with Crippen molar-refractivity contribution in [3.8, 4) is 17.3 Å². The minimum absolute atomic E-state index is 0.141. The minimum Gasteiger partial charge on any atom is -0.435 e. The first-order valence-electron chi connectivity index (χ1n) is 11.5. The maximum Gasteiger partial charge on any atom is 0.227 e. The van der Waals surface area contributed by atoms with Crippen LogP contribution in [0.2, 0.25) is 0 Å². The van der Waals surface area contributed by atoms with Gasteiger partial charge in [0.15, 0.2) is 11.6 Å². The molecule has 33 heavy (non-hydrogen) atoms. The van der Waals surface area contributed by atoms with Crippen LogP contribution in [0.5, 0.6) is 11.6 Å². The maximum absolute atomic E-state index is 14.5. The third-order valence-corrected chi connectivity index (χ3v) is 5.53. The summed E-state index contributed by atoms with van der Waals surface area (Å²) in [4.78, 5) is 2.14. The van der Waals surface area contributed by atoms with Crippen LogP contribution in [0.25, 0.3) is 5.69 Å². The van der Waals surface area contributed by atoms with Crippen LogP contribution in [0.3, 0.4) is 0 Å². The molecule has 1 heterocycles. The van der Waals surface area contributed by atoms with E-state index in [0.29, 0.717) is 32.1 Å². The Kier molecular flexibility index (Phi) is 9.42. The molecule has 3 aromatic rings. The number of unbranched alkanes of at least 4 members (excludes halogenated alkanes) is 1. The predicted octanol–water partition coefficient (Wildman–Crippen LogP) is 5.11. The molecule has 178 valence electrons. The molecule has 2 aromatic carbocycles. The van der Waals surface area contributed by atoms with Crippen molar-refractivity contribution in [2.75, 3.05) is 26.8 Å². The number of aliphatic hydroxyl groups excluding tert-OH is 1. The van der Waals surface area contributed by atoms with E-state index in [4.69, 9.17) is 14.6 Å². The number of aromatic nitrogens is 2. The van der Waals surface area contributed by atoms with Gasteiger partial charge in [0, 0.05) is 26.7 Å². The van der Waals surface area contributed by atoms with Crippen LogP contribution in [0.15, 0.2) is 54.6 Å². The molecule has 0 aliphatic heterocycles. The molecule has 0 saturated carbocycles. The van der Waals surface area contributed by atoms with E-state index < -0.39 is 11.9 Å². The van der Waals surface area contributed by atoms with Crippen LogP contribution < -0.4 is 4.74 Å². The lowest BCUT2D eigenvalue weighted by Crippen LogP contribution is -2.34. The molecule has 0 aliphatic carbocycles. The molecular formula is C26H34FN3O3. The molecule has 7 heteroatoms. The number of hydrogen-bond donors (Lipinski definition) is 1. The Labute approximate surface area is 195 Å². The molecule has 1 unspecified atom stereocenters. The van der Waals surface area contributed by atoms with Crippen LogP contribution >= 0.6 is 0 Å². The number of methoxy groups -OCH3 is 1. The Morgan fingerprint density at radius 3 is 2.55 bits per heavy atom. The van der Waals surface area contributed by atoms with Gasteiger partial charge >= 0.3 is 0 Å². The van der Waals surface area contributed by atoms with Crippen LogP contribution in [-0.4, -0.2) is 52.7 Å². The summed E-state index contributed by atoms with van der Waals surface area (Å²) in [5.74, 6) is 0.171. The summed E-state index contributed by atoms with van der Waals surface area (Å²) in [5, 5.41) is 15.3. The van der Waals surface area contributed by atoms with Gasteiger partial charge in [-0.1, -0.05) is 50.1 Å². The van der Waals surface area contributed by atoms with Gasteiger partial charge in [0.25, 0.3) is 0 Å². The van der Waals surface area contributed by atoms with Crippen LogP contribution in [-0.2, 0) is 11.3 Å². The fourth-order valence-corrected chi connectivity index (χ4v) is 3.71. The smallest absolute Gasteiger partial charge is 0.227 e. The van der Waals surface area contributed by atoms with Gasteiger partial charge in [0.2, 0.25) is 5.88 Å². The zero-order valence-electron chi connectivity index (χ0n) is 19.7. The van der Waals surface area contributed by atoms with Gasteiger partial charge in [0.05, 0.1) is 29.7 Å². The number of para-hydroxylation sites is 2. The van der Waals surface area contributed by atoms with E-state index in [1.165, 1.54) is 6.07 Å². The van der Waals surface area contributed by atoms with E-state index in [1.807, 2.05) is 37.3 Å². The second kappa shape index (κ2) is 12.5. The number of halogens is 1. The topological polar surface area (TPSA) is 59.8 Å². The number of nitrogens with zero attached hydrogens (tertiary/aromatic N) is 3. The van der Waals surface area contributed by atoms with E-state index in [9.17, 15) is 9.50 Å². The number of hydrogen-bond acceptors (Lipinski definition) is 5. The molecule has 0 saturated heterocycles. The summed E-state index contributed by atoms with van der Waals surface area (Å²) in [5.41, 5.74) is 2.46. The molecule has 1 atom stereocenters. The molecule has 0 bridgehead atoms. The quantitative estimate of drug-likeness (QED) is 0.388. The first-order valence-corrected chi connectivity index (χ1v) is 11.5. The monoisotopic (exact) mass is 455 g/mol. The Hall–Kier alpha value is -2.74. The van der Waals surface area contributed by atoms with Crippen molar-refractivity contribution in [2.24, 2.45) is 0 Å². The van der Waals surface area contributed by atoms with Crippen molar-refractivity contribution >= 4 is 0 Å². The van der Waals surface area contributed by atoms with E-state index in [-0.39, 0.29) is 5.75 Å². The molecule has 1 aromatic heterocycles. The zero-order valence-corrected chi connectivity index (χ0v) is 19.7. The molecule has 6 nitrogen and oxygen atoms in total. The predicted molar refractivity (Wildman–Crippen MR) is 127 cm³/mol. The van der Waals surface area contributed by atoms with Gasteiger partial charge in [-0.3, -0.25) is 4.90 Å². The third kappa shape index (κ3) is 6.87. The molecule has 3 rings (SSSR count). The van der Waals surface area contributed by atoms with Crippen molar-refractivity contribution in [2.45, 2.75) is 45.8 Å². The van der Waals surface area contributed by atoms with Crippen molar-refractivity contribution in [3.63, 3.8) is 0 Å². The molecule has 0 fully saturated rings.